The second-order valence-corrected chi connectivity index (χ2v) is 4.80. The van der Waals surface area contributed by atoms with E-state index in [1.54, 1.807) is 19.2 Å². The normalized spacial score (nSPS) is 12.8. The minimum absolute atomic E-state index is 0. The van der Waals surface area contributed by atoms with Crippen LogP contribution in [0.15, 0.2) is 54.6 Å². The van der Waals surface area contributed by atoms with Crippen molar-refractivity contribution in [3.8, 4) is 5.75 Å². The number of halogens is 1. The summed E-state index contributed by atoms with van der Waals surface area (Å²) in [5.41, 5.74) is 0.628. The van der Waals surface area contributed by atoms with E-state index in [1.807, 2.05) is 30.3 Å². The molecule has 0 aliphatic heterocycles. The lowest BCUT2D eigenvalue weighted by atomic mass is 10.0. The Labute approximate surface area is 140 Å². The van der Waals surface area contributed by atoms with Crippen LogP contribution in [0.4, 0.5) is 5.69 Å². The second-order valence-electron chi connectivity index (χ2n) is 4.80. The number of hydrogen-bond acceptors (Lipinski definition) is 5. The smallest absolute Gasteiger partial charge is 0.310 e. The van der Waals surface area contributed by atoms with Gasteiger partial charge in [0.15, 0.2) is 11.9 Å². The zero-order valence-electron chi connectivity index (χ0n) is 12.6. The predicted molar refractivity (Wildman–Crippen MR) is 90.1 cm³/mol. The number of benzene rings is 2. The van der Waals surface area contributed by atoms with Crippen LogP contribution >= 0.6 is 12.4 Å². The van der Waals surface area contributed by atoms with E-state index >= 15 is 0 Å². The molecule has 0 aliphatic carbocycles. The number of para-hydroxylation sites is 2. The summed E-state index contributed by atoms with van der Waals surface area (Å²) in [5, 5.41) is 24.3. The van der Waals surface area contributed by atoms with Crippen LogP contribution in [0.25, 0.3) is 0 Å². The summed E-state index contributed by atoms with van der Waals surface area (Å²) in [5.74, 6) is 0.136. The van der Waals surface area contributed by atoms with E-state index in [1.165, 1.54) is 12.1 Å². The molecule has 2 aromatic rings. The van der Waals surface area contributed by atoms with Gasteiger partial charge in [-0.25, -0.2) is 0 Å². The van der Waals surface area contributed by atoms with Crippen molar-refractivity contribution in [2.45, 2.75) is 12.2 Å². The maximum Gasteiger partial charge on any atom is 0.310 e. The van der Waals surface area contributed by atoms with Crippen molar-refractivity contribution in [3.63, 3.8) is 0 Å². The Morgan fingerprint density at radius 3 is 2.39 bits per heavy atom. The summed E-state index contributed by atoms with van der Waals surface area (Å²) in [6, 6.07) is 15.3. The minimum atomic E-state index is -0.841. The fourth-order valence-corrected chi connectivity index (χ4v) is 2.17. The van der Waals surface area contributed by atoms with Crippen LogP contribution in [-0.2, 0) is 0 Å². The number of rotatable bonds is 7. The monoisotopic (exact) mass is 338 g/mol. The molecule has 2 unspecified atom stereocenters. The Morgan fingerprint density at radius 1 is 1.17 bits per heavy atom. The van der Waals surface area contributed by atoms with E-state index in [0.29, 0.717) is 6.54 Å². The highest BCUT2D eigenvalue weighted by molar-refractivity contribution is 5.85. The molecular weight excluding hydrogens is 320 g/mol. The van der Waals surface area contributed by atoms with Gasteiger partial charge >= 0.3 is 5.69 Å². The van der Waals surface area contributed by atoms with Crippen LogP contribution in [0.3, 0.4) is 0 Å². The maximum atomic E-state index is 11.1. The van der Waals surface area contributed by atoms with E-state index in [4.69, 9.17) is 4.74 Å². The summed E-state index contributed by atoms with van der Waals surface area (Å²) in [4.78, 5) is 10.6. The number of ether oxygens (including phenoxy) is 1. The van der Waals surface area contributed by atoms with Gasteiger partial charge < -0.3 is 15.2 Å². The lowest BCUT2D eigenvalue weighted by molar-refractivity contribution is -0.386. The fraction of sp³-hybridized carbons (Fsp3) is 0.250. The molecule has 0 aromatic heterocycles. The SMILES string of the molecule is CNCC(O)C(Oc1ccccc1[N+](=O)[O-])c1ccccc1.Cl. The Balaban J connectivity index is 0.00000264. The first-order valence-corrected chi connectivity index (χ1v) is 6.91. The number of likely N-dealkylation sites (N-methyl/N-ethyl adjacent to an activating group) is 1. The first kappa shape index (κ1) is 18.9. The number of hydrogen-bond donors (Lipinski definition) is 2. The summed E-state index contributed by atoms with van der Waals surface area (Å²) < 4.78 is 5.78. The molecule has 2 N–H and O–H groups in total. The first-order valence-electron chi connectivity index (χ1n) is 6.91. The number of aliphatic hydroxyl groups is 1. The molecule has 0 fully saturated rings. The van der Waals surface area contributed by atoms with Crippen molar-refractivity contribution in [3.05, 3.63) is 70.3 Å². The minimum Gasteiger partial charge on any atom is -0.476 e. The van der Waals surface area contributed by atoms with Gasteiger partial charge in [0.1, 0.15) is 6.10 Å². The van der Waals surface area contributed by atoms with Crippen LogP contribution in [0, 0.1) is 10.1 Å². The third kappa shape index (κ3) is 4.92. The largest absolute Gasteiger partial charge is 0.476 e. The molecule has 124 valence electrons. The molecule has 0 saturated heterocycles. The van der Waals surface area contributed by atoms with Gasteiger partial charge in [-0.2, -0.15) is 0 Å². The highest BCUT2D eigenvalue weighted by Crippen LogP contribution is 2.32. The van der Waals surface area contributed by atoms with Crippen LogP contribution in [-0.4, -0.2) is 29.7 Å². The lowest BCUT2D eigenvalue weighted by Crippen LogP contribution is -2.32. The van der Waals surface area contributed by atoms with Crippen LogP contribution in [0.2, 0.25) is 0 Å². The number of nitrogens with one attached hydrogen (secondary N) is 1. The van der Waals surface area contributed by atoms with Crippen molar-refractivity contribution in [2.75, 3.05) is 13.6 Å². The number of aliphatic hydroxyl groups excluding tert-OH is 1. The zero-order chi connectivity index (χ0) is 15.9. The zero-order valence-corrected chi connectivity index (χ0v) is 13.4. The van der Waals surface area contributed by atoms with E-state index < -0.39 is 17.1 Å². The standard InChI is InChI=1S/C16H18N2O4.ClH/c1-17-11-14(19)16(12-7-3-2-4-8-12)22-15-10-6-5-9-13(15)18(20)21;/h2-10,14,16-17,19H,11H2,1H3;1H. The Bertz CT molecular complexity index is 624. The Hall–Kier alpha value is -2.15. The summed E-state index contributed by atoms with van der Waals surface area (Å²) in [7, 11) is 1.72. The van der Waals surface area contributed by atoms with Crippen molar-refractivity contribution >= 4 is 18.1 Å². The average molecular weight is 339 g/mol. The molecule has 0 amide bonds. The Morgan fingerprint density at radius 2 is 1.78 bits per heavy atom. The Kier molecular flexibility index (Phi) is 7.47. The summed E-state index contributed by atoms with van der Waals surface area (Å²) in [6.45, 7) is 0.306. The van der Waals surface area contributed by atoms with Crippen LogP contribution in [0.1, 0.15) is 11.7 Å². The van der Waals surface area contributed by atoms with Gasteiger partial charge in [0.25, 0.3) is 0 Å². The average Bonchev–Trinajstić information content (AvgIpc) is 2.53. The number of nitro groups is 1. The molecule has 6 nitrogen and oxygen atoms in total. The van der Waals surface area contributed by atoms with Gasteiger partial charge in [-0.15, -0.1) is 12.4 Å². The molecule has 2 atom stereocenters. The van der Waals surface area contributed by atoms with Gasteiger partial charge in [0.05, 0.1) is 4.92 Å². The second kappa shape index (κ2) is 9.09. The first-order chi connectivity index (χ1) is 10.6. The predicted octanol–water partition coefficient (Wildman–Crippen LogP) is 2.72. The van der Waals surface area contributed by atoms with Gasteiger partial charge in [-0.1, -0.05) is 42.5 Å². The molecule has 2 rings (SSSR count). The van der Waals surface area contributed by atoms with Crippen molar-refractivity contribution in [1.29, 1.82) is 0 Å². The van der Waals surface area contributed by atoms with Crippen molar-refractivity contribution < 1.29 is 14.8 Å². The molecule has 0 aliphatic rings. The molecular formula is C16H19ClN2O4. The van der Waals surface area contributed by atoms with Gasteiger partial charge in [-0.05, 0) is 18.7 Å². The molecule has 0 saturated carbocycles. The van der Waals surface area contributed by atoms with E-state index in [0.717, 1.165) is 5.56 Å². The van der Waals surface area contributed by atoms with E-state index in [2.05, 4.69) is 5.32 Å². The molecule has 0 radical (unpaired) electrons. The number of nitro benzene ring substituents is 1. The van der Waals surface area contributed by atoms with Crippen molar-refractivity contribution in [2.24, 2.45) is 0 Å². The lowest BCUT2D eigenvalue weighted by Gasteiger charge is -2.24. The van der Waals surface area contributed by atoms with Gasteiger partial charge in [0, 0.05) is 12.6 Å². The summed E-state index contributed by atoms with van der Waals surface area (Å²) >= 11 is 0. The fourth-order valence-electron chi connectivity index (χ4n) is 2.17. The van der Waals surface area contributed by atoms with Gasteiger partial charge in [0.2, 0.25) is 0 Å². The van der Waals surface area contributed by atoms with Gasteiger partial charge in [-0.3, -0.25) is 10.1 Å². The highest BCUT2D eigenvalue weighted by atomic mass is 35.5. The van der Waals surface area contributed by atoms with E-state index in [9.17, 15) is 15.2 Å². The molecule has 0 bridgehead atoms. The summed E-state index contributed by atoms with van der Waals surface area (Å²) in [6.07, 6.45) is -1.54. The topological polar surface area (TPSA) is 84.6 Å². The van der Waals surface area contributed by atoms with Crippen LogP contribution < -0.4 is 10.1 Å². The molecule has 0 spiro atoms. The maximum absolute atomic E-state index is 11.1. The number of nitrogens with zero attached hydrogens (tertiary/aromatic N) is 1. The molecule has 0 heterocycles. The molecule has 2 aromatic carbocycles. The highest BCUT2D eigenvalue weighted by Gasteiger charge is 2.25. The third-order valence-electron chi connectivity index (χ3n) is 3.21. The quantitative estimate of drug-likeness (QED) is 0.599. The van der Waals surface area contributed by atoms with Crippen LogP contribution in [0.5, 0.6) is 5.75 Å². The van der Waals surface area contributed by atoms with Crippen molar-refractivity contribution in [1.82, 2.24) is 5.32 Å². The molecule has 23 heavy (non-hydrogen) atoms. The third-order valence-corrected chi connectivity index (χ3v) is 3.21. The van der Waals surface area contributed by atoms with E-state index in [-0.39, 0.29) is 23.8 Å². The molecule has 7 heteroatoms.